The predicted octanol–water partition coefficient (Wildman–Crippen LogP) is 5.55. The Kier molecular flexibility index (Phi) is 9.38. The summed E-state index contributed by atoms with van der Waals surface area (Å²) in [6.45, 7) is 6.41. The van der Waals surface area contributed by atoms with Gasteiger partial charge in [-0.3, -0.25) is 14.5 Å². The first-order valence-electron chi connectivity index (χ1n) is 11.3. The van der Waals surface area contributed by atoms with Gasteiger partial charge in [-0.05, 0) is 49.1 Å². The molecule has 1 aliphatic heterocycles. The predicted molar refractivity (Wildman–Crippen MR) is 129 cm³/mol. The number of hydrogen-bond acceptors (Lipinski definition) is 5. The molecule has 0 aromatic heterocycles. The average molecular weight is 454 g/mol. The van der Waals surface area contributed by atoms with Crippen LogP contribution in [0.25, 0.3) is 5.57 Å². The number of rotatable bonds is 13. The van der Waals surface area contributed by atoms with Crippen LogP contribution in [-0.2, 0) is 14.3 Å². The summed E-state index contributed by atoms with van der Waals surface area (Å²) in [6.07, 6.45) is 3.65. The molecule has 2 amide bonds. The Bertz CT molecular complexity index is 925. The maximum Gasteiger partial charge on any atom is 0.268 e. The first-order chi connectivity index (χ1) is 15.7. The third-order valence-corrected chi connectivity index (χ3v) is 6.11. The highest BCUT2D eigenvalue weighted by Gasteiger charge is 2.39. The normalized spacial score (nSPS) is 13.9. The number of ether oxygens (including phenoxy) is 2. The molecule has 1 heterocycles. The van der Waals surface area contributed by atoms with Crippen LogP contribution < -0.4 is 4.74 Å². The molecule has 2 aromatic carbocycles. The van der Waals surface area contributed by atoms with Gasteiger partial charge in [0.1, 0.15) is 5.75 Å². The Morgan fingerprint density at radius 2 is 1.53 bits per heavy atom. The van der Waals surface area contributed by atoms with E-state index in [9.17, 15) is 9.59 Å². The molecule has 0 aliphatic carbocycles. The Morgan fingerprint density at radius 3 is 2.22 bits per heavy atom. The van der Waals surface area contributed by atoms with E-state index in [4.69, 9.17) is 9.47 Å². The van der Waals surface area contributed by atoms with E-state index < -0.39 is 0 Å². The van der Waals surface area contributed by atoms with Gasteiger partial charge in [-0.1, -0.05) is 62.4 Å². The molecule has 0 bridgehead atoms. The van der Waals surface area contributed by atoms with Crippen molar-refractivity contribution in [3.63, 3.8) is 0 Å². The molecule has 1 aliphatic rings. The van der Waals surface area contributed by atoms with Crippen molar-refractivity contribution in [1.82, 2.24) is 4.90 Å². The van der Waals surface area contributed by atoms with Crippen LogP contribution >= 0.6 is 11.8 Å². The van der Waals surface area contributed by atoms with Crippen molar-refractivity contribution < 1.29 is 19.1 Å². The molecule has 0 saturated carbocycles. The molecule has 0 unspecified atom stereocenters. The zero-order chi connectivity index (χ0) is 22.8. The fraction of sp³-hybridized carbons (Fsp3) is 0.385. The van der Waals surface area contributed by atoms with Crippen LogP contribution in [0.1, 0.15) is 45.1 Å². The molecule has 32 heavy (non-hydrogen) atoms. The van der Waals surface area contributed by atoms with Gasteiger partial charge in [0.25, 0.3) is 11.8 Å². The van der Waals surface area contributed by atoms with Gasteiger partial charge < -0.3 is 9.47 Å². The summed E-state index contributed by atoms with van der Waals surface area (Å²) < 4.78 is 11.3. The number of thioether (sulfide) groups is 1. The van der Waals surface area contributed by atoms with Gasteiger partial charge in [0.05, 0.1) is 17.1 Å². The second kappa shape index (κ2) is 12.5. The molecule has 0 fully saturated rings. The van der Waals surface area contributed by atoms with Crippen LogP contribution in [0.5, 0.6) is 5.75 Å². The van der Waals surface area contributed by atoms with Gasteiger partial charge in [-0.2, -0.15) is 0 Å². The van der Waals surface area contributed by atoms with E-state index in [1.165, 1.54) is 16.7 Å². The highest BCUT2D eigenvalue weighted by molar-refractivity contribution is 8.04. The zero-order valence-electron chi connectivity index (χ0n) is 18.8. The number of imide groups is 1. The lowest BCUT2D eigenvalue weighted by Crippen LogP contribution is -2.33. The van der Waals surface area contributed by atoms with Crippen molar-refractivity contribution in [3.05, 3.63) is 65.1 Å². The van der Waals surface area contributed by atoms with Crippen molar-refractivity contribution in [2.45, 2.75) is 44.4 Å². The zero-order valence-corrected chi connectivity index (χ0v) is 19.7. The number of carbonyl (C=O) groups excluding carboxylic acids is 2. The van der Waals surface area contributed by atoms with E-state index >= 15 is 0 Å². The van der Waals surface area contributed by atoms with E-state index in [0.29, 0.717) is 43.3 Å². The highest BCUT2D eigenvalue weighted by Crippen LogP contribution is 2.40. The number of nitrogens with zero attached hydrogens (tertiary/aromatic N) is 1. The SMILES string of the molecule is CCCCOCCCN1C(=O)C(Sc2ccccc2)=C(c2ccc(OCCC)cc2)C1=O. The molecule has 0 radical (unpaired) electrons. The number of benzene rings is 2. The van der Waals surface area contributed by atoms with Crippen LogP contribution in [0.4, 0.5) is 0 Å². The van der Waals surface area contributed by atoms with Crippen molar-refractivity contribution >= 4 is 29.1 Å². The Labute approximate surface area is 194 Å². The third kappa shape index (κ3) is 6.24. The van der Waals surface area contributed by atoms with Gasteiger partial charge in [-0.15, -0.1) is 0 Å². The number of unbranched alkanes of at least 4 members (excludes halogenated alkanes) is 1. The van der Waals surface area contributed by atoms with Crippen molar-refractivity contribution in [2.24, 2.45) is 0 Å². The lowest BCUT2D eigenvalue weighted by molar-refractivity contribution is -0.136. The Morgan fingerprint density at radius 1 is 0.812 bits per heavy atom. The lowest BCUT2D eigenvalue weighted by atomic mass is 10.1. The molecular formula is C26H31NO4S. The molecule has 2 aromatic rings. The lowest BCUT2D eigenvalue weighted by Gasteiger charge is -2.15. The van der Waals surface area contributed by atoms with Gasteiger partial charge >= 0.3 is 0 Å². The van der Waals surface area contributed by atoms with E-state index in [1.807, 2.05) is 54.6 Å². The summed E-state index contributed by atoms with van der Waals surface area (Å²) in [7, 11) is 0. The van der Waals surface area contributed by atoms with E-state index in [0.717, 1.165) is 35.5 Å². The maximum absolute atomic E-state index is 13.3. The average Bonchev–Trinajstić information content (AvgIpc) is 3.05. The van der Waals surface area contributed by atoms with Crippen molar-refractivity contribution in [2.75, 3.05) is 26.4 Å². The highest BCUT2D eigenvalue weighted by atomic mass is 32.2. The summed E-state index contributed by atoms with van der Waals surface area (Å²) in [5.74, 6) is 0.272. The monoisotopic (exact) mass is 453 g/mol. The van der Waals surface area contributed by atoms with E-state index in [2.05, 4.69) is 13.8 Å². The van der Waals surface area contributed by atoms with Crippen molar-refractivity contribution in [1.29, 1.82) is 0 Å². The van der Waals surface area contributed by atoms with Crippen LogP contribution in [-0.4, -0.2) is 43.1 Å². The maximum atomic E-state index is 13.3. The van der Waals surface area contributed by atoms with Gasteiger partial charge in [-0.25, -0.2) is 0 Å². The quantitative estimate of drug-likeness (QED) is 0.294. The first-order valence-corrected chi connectivity index (χ1v) is 12.1. The van der Waals surface area contributed by atoms with Gasteiger partial charge in [0, 0.05) is 24.7 Å². The van der Waals surface area contributed by atoms with Crippen LogP contribution in [0, 0.1) is 0 Å². The molecule has 0 N–H and O–H groups in total. The summed E-state index contributed by atoms with van der Waals surface area (Å²) >= 11 is 1.34. The molecule has 0 saturated heterocycles. The van der Waals surface area contributed by atoms with Gasteiger partial charge in [0.2, 0.25) is 0 Å². The van der Waals surface area contributed by atoms with E-state index in [-0.39, 0.29) is 11.8 Å². The number of amides is 2. The summed E-state index contributed by atoms with van der Waals surface area (Å²) in [5.41, 5.74) is 1.19. The molecule has 5 nitrogen and oxygen atoms in total. The van der Waals surface area contributed by atoms with Crippen LogP contribution in [0.3, 0.4) is 0 Å². The summed E-state index contributed by atoms with van der Waals surface area (Å²) in [4.78, 5) is 29.3. The Balaban J connectivity index is 1.79. The standard InChI is InChI=1S/C26H31NO4S/c1-3-5-18-30-19-9-16-27-25(28)23(20-12-14-21(15-13-20)31-17-4-2)24(26(27)29)32-22-10-7-6-8-11-22/h6-8,10-15H,3-5,9,16-19H2,1-2H3. The fourth-order valence-electron chi connectivity index (χ4n) is 3.32. The van der Waals surface area contributed by atoms with Gasteiger partial charge in [0.15, 0.2) is 0 Å². The summed E-state index contributed by atoms with van der Waals surface area (Å²) in [6, 6.07) is 17.1. The van der Waals surface area contributed by atoms with E-state index in [1.54, 1.807) is 0 Å². The third-order valence-electron chi connectivity index (χ3n) is 5.02. The minimum atomic E-state index is -0.246. The Hall–Kier alpha value is -2.57. The topological polar surface area (TPSA) is 55.8 Å². The molecule has 0 atom stereocenters. The second-order valence-corrected chi connectivity index (χ2v) is 8.66. The molecule has 170 valence electrons. The van der Waals surface area contributed by atoms with Crippen LogP contribution in [0.15, 0.2) is 64.4 Å². The smallest absolute Gasteiger partial charge is 0.268 e. The molecule has 6 heteroatoms. The molecule has 0 spiro atoms. The van der Waals surface area contributed by atoms with Crippen LogP contribution in [0.2, 0.25) is 0 Å². The largest absolute Gasteiger partial charge is 0.494 e. The summed E-state index contributed by atoms with van der Waals surface area (Å²) in [5, 5.41) is 0. The minimum absolute atomic E-state index is 0.237. The second-order valence-electron chi connectivity index (χ2n) is 7.57. The van der Waals surface area contributed by atoms with Crippen molar-refractivity contribution in [3.8, 4) is 5.75 Å². The number of carbonyl (C=O) groups is 2. The molecular weight excluding hydrogens is 422 g/mol. The fourth-order valence-corrected chi connectivity index (χ4v) is 4.36. The minimum Gasteiger partial charge on any atom is -0.494 e. The first kappa shape index (κ1) is 24.1. The number of hydrogen-bond donors (Lipinski definition) is 0. The molecule has 3 rings (SSSR count).